The number of rotatable bonds is 3. The number of pyridine rings is 1. The summed E-state index contributed by atoms with van der Waals surface area (Å²) in [5, 5.41) is 8.82. The molecule has 1 aromatic rings. The Morgan fingerprint density at radius 2 is 2.50 bits per heavy atom. The van der Waals surface area contributed by atoms with Gasteiger partial charge in [0.2, 0.25) is 0 Å². The molecular formula is C9H12N2O. The monoisotopic (exact) mass is 164 g/mol. The summed E-state index contributed by atoms with van der Waals surface area (Å²) in [6, 6.07) is 1.45. The summed E-state index contributed by atoms with van der Waals surface area (Å²) in [5.74, 6) is 0. The summed E-state index contributed by atoms with van der Waals surface area (Å²) in [6.07, 6.45) is 5.02. The van der Waals surface area contributed by atoms with Crippen molar-refractivity contribution >= 4 is 6.08 Å². The molecule has 0 amide bonds. The number of nitrogens with zero attached hydrogens (tertiary/aromatic N) is 1. The quantitative estimate of drug-likeness (QED) is 0.692. The molecule has 12 heavy (non-hydrogen) atoms. The summed E-state index contributed by atoms with van der Waals surface area (Å²) < 4.78 is 0. The molecule has 64 valence electrons. The fourth-order valence-electron chi connectivity index (χ4n) is 1.01. The van der Waals surface area contributed by atoms with Crippen LogP contribution in [-0.2, 0) is 0 Å². The van der Waals surface area contributed by atoms with E-state index in [9.17, 15) is 0 Å². The molecule has 0 radical (unpaired) electrons. The predicted molar refractivity (Wildman–Crippen MR) is 48.3 cm³/mol. The molecule has 0 saturated carbocycles. The van der Waals surface area contributed by atoms with Gasteiger partial charge in [0.05, 0.1) is 12.6 Å². The van der Waals surface area contributed by atoms with Gasteiger partial charge in [0.1, 0.15) is 0 Å². The third-order valence-corrected chi connectivity index (χ3v) is 1.70. The summed E-state index contributed by atoms with van der Waals surface area (Å²) in [6.45, 7) is 3.57. The zero-order chi connectivity index (χ0) is 8.97. The van der Waals surface area contributed by atoms with Crippen molar-refractivity contribution in [3.8, 4) is 0 Å². The van der Waals surface area contributed by atoms with Gasteiger partial charge in [-0.15, -0.1) is 0 Å². The average Bonchev–Trinajstić information content (AvgIpc) is 2.16. The number of aliphatic hydroxyl groups is 1. The lowest BCUT2D eigenvalue weighted by molar-refractivity contribution is 0.267. The van der Waals surface area contributed by atoms with Gasteiger partial charge in [-0.1, -0.05) is 12.7 Å². The molecular weight excluding hydrogens is 152 g/mol. The molecule has 0 saturated heterocycles. The molecule has 1 aromatic heterocycles. The van der Waals surface area contributed by atoms with E-state index in [1.807, 2.05) is 6.07 Å². The van der Waals surface area contributed by atoms with E-state index in [4.69, 9.17) is 10.8 Å². The number of aromatic nitrogens is 1. The van der Waals surface area contributed by atoms with E-state index >= 15 is 0 Å². The highest BCUT2D eigenvalue weighted by Crippen LogP contribution is 2.14. The minimum atomic E-state index is -0.369. The normalized spacial score (nSPS) is 12.5. The Labute approximate surface area is 71.6 Å². The minimum absolute atomic E-state index is 0.0769. The second-order valence-corrected chi connectivity index (χ2v) is 2.50. The van der Waals surface area contributed by atoms with Crippen molar-refractivity contribution in [2.75, 3.05) is 6.61 Å². The maximum atomic E-state index is 8.82. The Hall–Kier alpha value is -1.19. The molecule has 0 fully saturated rings. The largest absolute Gasteiger partial charge is 0.394 e. The molecule has 1 rings (SSSR count). The zero-order valence-corrected chi connectivity index (χ0v) is 6.77. The minimum Gasteiger partial charge on any atom is -0.394 e. The van der Waals surface area contributed by atoms with E-state index in [1.165, 1.54) is 0 Å². The Morgan fingerprint density at radius 1 is 1.75 bits per heavy atom. The first kappa shape index (κ1) is 8.90. The smallest absolute Gasteiger partial charge is 0.0625 e. The van der Waals surface area contributed by atoms with E-state index < -0.39 is 0 Å². The summed E-state index contributed by atoms with van der Waals surface area (Å²) in [4.78, 5) is 3.92. The summed E-state index contributed by atoms with van der Waals surface area (Å²) in [5.41, 5.74) is 7.38. The van der Waals surface area contributed by atoms with Gasteiger partial charge in [-0.25, -0.2) is 0 Å². The molecule has 0 bridgehead atoms. The number of hydrogen-bond donors (Lipinski definition) is 2. The fourth-order valence-corrected chi connectivity index (χ4v) is 1.01. The van der Waals surface area contributed by atoms with Crippen LogP contribution >= 0.6 is 0 Å². The van der Waals surface area contributed by atoms with Crippen molar-refractivity contribution in [2.45, 2.75) is 6.04 Å². The van der Waals surface area contributed by atoms with Gasteiger partial charge in [-0.05, 0) is 17.2 Å². The van der Waals surface area contributed by atoms with Gasteiger partial charge < -0.3 is 10.8 Å². The molecule has 3 N–H and O–H groups in total. The molecule has 3 nitrogen and oxygen atoms in total. The molecule has 0 spiro atoms. The molecule has 0 unspecified atom stereocenters. The van der Waals surface area contributed by atoms with E-state index in [1.54, 1.807) is 18.5 Å². The SMILES string of the molecule is C=Cc1ccncc1[C@@H](N)CO. The third kappa shape index (κ3) is 1.69. The third-order valence-electron chi connectivity index (χ3n) is 1.70. The maximum Gasteiger partial charge on any atom is 0.0625 e. The van der Waals surface area contributed by atoms with Gasteiger partial charge in [0.25, 0.3) is 0 Å². The first-order chi connectivity index (χ1) is 5.79. The van der Waals surface area contributed by atoms with Crippen LogP contribution in [0.3, 0.4) is 0 Å². The highest BCUT2D eigenvalue weighted by atomic mass is 16.3. The second-order valence-electron chi connectivity index (χ2n) is 2.50. The fraction of sp³-hybridized carbons (Fsp3) is 0.222. The van der Waals surface area contributed by atoms with Gasteiger partial charge >= 0.3 is 0 Å². The molecule has 3 heteroatoms. The maximum absolute atomic E-state index is 8.82. The average molecular weight is 164 g/mol. The van der Waals surface area contributed by atoms with Crippen LogP contribution in [0.4, 0.5) is 0 Å². The van der Waals surface area contributed by atoms with Crippen molar-refractivity contribution in [1.82, 2.24) is 4.98 Å². The first-order valence-electron chi connectivity index (χ1n) is 3.72. The van der Waals surface area contributed by atoms with E-state index in [-0.39, 0.29) is 12.6 Å². The Balaban J connectivity index is 3.04. The Bertz CT molecular complexity index is 273. The van der Waals surface area contributed by atoms with Gasteiger partial charge in [-0.2, -0.15) is 0 Å². The van der Waals surface area contributed by atoms with E-state index in [0.29, 0.717) is 0 Å². The molecule has 0 aliphatic carbocycles. The van der Waals surface area contributed by atoms with Crippen LogP contribution < -0.4 is 5.73 Å². The Morgan fingerprint density at radius 3 is 3.08 bits per heavy atom. The lowest BCUT2D eigenvalue weighted by Crippen LogP contribution is -2.15. The van der Waals surface area contributed by atoms with Gasteiger partial charge in [0.15, 0.2) is 0 Å². The molecule has 1 heterocycles. The summed E-state index contributed by atoms with van der Waals surface area (Å²) >= 11 is 0. The van der Waals surface area contributed by atoms with Crippen molar-refractivity contribution in [3.05, 3.63) is 36.2 Å². The van der Waals surface area contributed by atoms with Crippen molar-refractivity contribution in [1.29, 1.82) is 0 Å². The lowest BCUT2D eigenvalue weighted by Gasteiger charge is -2.10. The zero-order valence-electron chi connectivity index (χ0n) is 6.77. The van der Waals surface area contributed by atoms with Crippen molar-refractivity contribution < 1.29 is 5.11 Å². The molecule has 0 aromatic carbocycles. The van der Waals surface area contributed by atoms with Crippen LogP contribution in [-0.4, -0.2) is 16.7 Å². The van der Waals surface area contributed by atoms with E-state index in [2.05, 4.69) is 11.6 Å². The number of nitrogens with two attached hydrogens (primary N) is 1. The Kier molecular flexibility index (Phi) is 2.96. The second kappa shape index (κ2) is 3.99. The first-order valence-corrected chi connectivity index (χ1v) is 3.72. The molecule has 1 atom stereocenters. The van der Waals surface area contributed by atoms with Crippen LogP contribution in [0.1, 0.15) is 17.2 Å². The molecule has 0 aliphatic rings. The lowest BCUT2D eigenvalue weighted by atomic mass is 10.0. The van der Waals surface area contributed by atoms with Crippen LogP contribution in [0.5, 0.6) is 0 Å². The number of hydrogen-bond acceptors (Lipinski definition) is 3. The van der Waals surface area contributed by atoms with Crippen LogP contribution in [0, 0.1) is 0 Å². The standard InChI is InChI=1S/C9H12N2O/c1-2-7-3-4-11-5-8(7)9(10)6-12/h2-5,9,12H,1,6,10H2/t9-/m0/s1. The van der Waals surface area contributed by atoms with Crippen LogP contribution in [0.15, 0.2) is 25.0 Å². The highest BCUT2D eigenvalue weighted by molar-refractivity contribution is 5.51. The van der Waals surface area contributed by atoms with Crippen molar-refractivity contribution in [2.24, 2.45) is 5.73 Å². The number of aliphatic hydroxyl groups excluding tert-OH is 1. The predicted octanol–water partition coefficient (Wildman–Crippen LogP) is 0.717. The van der Waals surface area contributed by atoms with Crippen LogP contribution in [0.25, 0.3) is 6.08 Å². The van der Waals surface area contributed by atoms with Gasteiger partial charge in [0, 0.05) is 12.4 Å². The summed E-state index contributed by atoms with van der Waals surface area (Å²) in [7, 11) is 0. The van der Waals surface area contributed by atoms with E-state index in [0.717, 1.165) is 11.1 Å². The highest BCUT2D eigenvalue weighted by Gasteiger charge is 2.07. The van der Waals surface area contributed by atoms with Crippen LogP contribution in [0.2, 0.25) is 0 Å². The topological polar surface area (TPSA) is 59.1 Å². The van der Waals surface area contributed by atoms with Gasteiger partial charge in [-0.3, -0.25) is 4.98 Å². The van der Waals surface area contributed by atoms with Crippen molar-refractivity contribution in [3.63, 3.8) is 0 Å². The molecule has 0 aliphatic heterocycles.